The number of carbonyl (C=O) groups is 1. The van der Waals surface area contributed by atoms with Crippen molar-refractivity contribution in [2.75, 3.05) is 0 Å². The number of aromatic nitrogens is 6. The topological polar surface area (TPSA) is 69.5 Å². The molecule has 2 aliphatic rings. The highest BCUT2D eigenvalue weighted by Gasteiger charge is 2.31. The minimum Gasteiger partial charge on any atom is -0.306 e. The first-order chi connectivity index (χ1) is 17.1. The van der Waals surface area contributed by atoms with Crippen LogP contribution in [0.5, 0.6) is 0 Å². The molecule has 7 rings (SSSR count). The SMILES string of the molecule is O=C(CCc1ncn2ccc(Br)cc12)c1cn(Cc2cn3cc(C4CC4)ccc3n2)nc1C1CC1. The lowest BCUT2D eigenvalue weighted by atomic mass is 10.0. The molecule has 2 fully saturated rings. The number of aryl methyl sites for hydroxylation is 1. The number of Topliss-reactive ketones (excluding diaryl/α,β-unsaturated/α-hetero) is 1. The lowest BCUT2D eigenvalue weighted by Crippen LogP contribution is -2.03. The highest BCUT2D eigenvalue weighted by atomic mass is 79.9. The largest absolute Gasteiger partial charge is 0.306 e. The number of rotatable bonds is 8. The normalized spacial score (nSPS) is 15.9. The number of carbonyl (C=O) groups excluding carboxylic acids is 1. The van der Waals surface area contributed by atoms with Gasteiger partial charge in [-0.15, -0.1) is 0 Å². The van der Waals surface area contributed by atoms with Crippen LogP contribution in [0.3, 0.4) is 0 Å². The molecule has 0 unspecified atom stereocenters. The molecule has 8 heteroatoms. The van der Waals surface area contributed by atoms with Gasteiger partial charge >= 0.3 is 0 Å². The minimum absolute atomic E-state index is 0.137. The second-order valence-corrected chi connectivity index (χ2v) is 10.8. The van der Waals surface area contributed by atoms with Gasteiger partial charge in [-0.05, 0) is 61.8 Å². The Morgan fingerprint density at radius 3 is 2.71 bits per heavy atom. The average molecular weight is 529 g/mol. The number of nitrogens with zero attached hydrogens (tertiary/aromatic N) is 6. The maximum atomic E-state index is 13.3. The van der Waals surface area contributed by atoms with Crippen molar-refractivity contribution in [1.82, 2.24) is 28.5 Å². The van der Waals surface area contributed by atoms with E-state index in [0.29, 0.717) is 31.2 Å². The molecule has 0 atom stereocenters. The Balaban J connectivity index is 1.11. The molecule has 176 valence electrons. The molecule has 0 spiro atoms. The minimum atomic E-state index is 0.137. The number of imidazole rings is 2. The molecule has 7 nitrogen and oxygen atoms in total. The Bertz CT molecular complexity index is 1590. The second-order valence-electron chi connectivity index (χ2n) is 9.89. The molecule has 5 heterocycles. The summed E-state index contributed by atoms with van der Waals surface area (Å²) in [7, 11) is 0. The molecule has 0 aliphatic heterocycles. The van der Waals surface area contributed by atoms with Gasteiger partial charge in [-0.2, -0.15) is 5.10 Å². The van der Waals surface area contributed by atoms with Gasteiger partial charge < -0.3 is 8.80 Å². The smallest absolute Gasteiger partial charge is 0.166 e. The third-order valence-corrected chi connectivity index (χ3v) is 7.61. The van der Waals surface area contributed by atoms with E-state index in [2.05, 4.69) is 49.8 Å². The summed E-state index contributed by atoms with van der Waals surface area (Å²) in [5.74, 6) is 1.26. The van der Waals surface area contributed by atoms with Crippen molar-refractivity contribution in [1.29, 1.82) is 0 Å². The van der Waals surface area contributed by atoms with Gasteiger partial charge in [0, 0.05) is 41.6 Å². The van der Waals surface area contributed by atoms with Crippen molar-refractivity contribution >= 4 is 32.9 Å². The Morgan fingerprint density at radius 1 is 1.03 bits per heavy atom. The molecular weight excluding hydrogens is 504 g/mol. The summed E-state index contributed by atoms with van der Waals surface area (Å²) in [6.07, 6.45) is 15.8. The van der Waals surface area contributed by atoms with Crippen molar-refractivity contribution in [2.24, 2.45) is 0 Å². The number of ketones is 1. The summed E-state index contributed by atoms with van der Waals surface area (Å²) in [5, 5.41) is 4.84. The predicted molar refractivity (Wildman–Crippen MR) is 136 cm³/mol. The molecule has 0 saturated heterocycles. The van der Waals surface area contributed by atoms with Gasteiger partial charge in [0.1, 0.15) is 5.65 Å². The molecule has 5 aromatic heterocycles. The number of fused-ring (bicyclic) bond motifs is 2. The van der Waals surface area contributed by atoms with Gasteiger partial charge in [0.05, 0.1) is 41.0 Å². The lowest BCUT2D eigenvalue weighted by Gasteiger charge is -2.01. The summed E-state index contributed by atoms with van der Waals surface area (Å²) in [6, 6.07) is 8.32. The van der Waals surface area contributed by atoms with E-state index >= 15 is 0 Å². The van der Waals surface area contributed by atoms with Crippen LogP contribution in [-0.2, 0) is 13.0 Å². The zero-order chi connectivity index (χ0) is 23.5. The number of hydrogen-bond donors (Lipinski definition) is 0. The van der Waals surface area contributed by atoms with E-state index in [4.69, 9.17) is 10.1 Å². The van der Waals surface area contributed by atoms with Crippen molar-refractivity contribution in [2.45, 2.75) is 56.9 Å². The maximum Gasteiger partial charge on any atom is 0.166 e. The Labute approximate surface area is 210 Å². The van der Waals surface area contributed by atoms with Gasteiger partial charge in [-0.25, -0.2) is 9.97 Å². The van der Waals surface area contributed by atoms with E-state index in [-0.39, 0.29) is 5.78 Å². The fraction of sp³-hybridized carbons (Fsp3) is 0.333. The quantitative estimate of drug-likeness (QED) is 0.247. The highest BCUT2D eigenvalue weighted by Crippen LogP contribution is 2.41. The Morgan fingerprint density at radius 2 is 1.89 bits per heavy atom. The van der Waals surface area contributed by atoms with Gasteiger partial charge in [0.15, 0.2) is 5.78 Å². The van der Waals surface area contributed by atoms with Gasteiger partial charge in [-0.3, -0.25) is 9.48 Å². The third kappa shape index (κ3) is 4.10. The standard InChI is InChI=1S/C27H25BrN6O/c28-20-9-10-32-16-29-23(24(32)11-20)6-7-25(35)22-15-34(31-27(22)18-3-4-18)14-21-13-33-12-19(17-1-2-17)5-8-26(33)30-21/h5,8-13,15-18H,1-4,6-7,14H2. The van der Waals surface area contributed by atoms with E-state index in [1.807, 2.05) is 33.6 Å². The summed E-state index contributed by atoms with van der Waals surface area (Å²) in [4.78, 5) is 22.6. The van der Waals surface area contributed by atoms with Gasteiger partial charge in [0.25, 0.3) is 0 Å². The maximum absolute atomic E-state index is 13.3. The molecule has 35 heavy (non-hydrogen) atoms. The fourth-order valence-electron chi connectivity index (χ4n) is 4.93. The molecule has 0 radical (unpaired) electrons. The van der Waals surface area contributed by atoms with Gasteiger partial charge in [0.2, 0.25) is 0 Å². The molecular formula is C27H25BrN6O. The van der Waals surface area contributed by atoms with Crippen molar-refractivity contribution in [3.05, 3.63) is 88.1 Å². The van der Waals surface area contributed by atoms with Crippen LogP contribution in [0.25, 0.3) is 11.2 Å². The zero-order valence-electron chi connectivity index (χ0n) is 19.3. The van der Waals surface area contributed by atoms with Crippen LogP contribution >= 0.6 is 15.9 Å². The van der Waals surface area contributed by atoms with Crippen LogP contribution < -0.4 is 0 Å². The monoisotopic (exact) mass is 528 g/mol. The third-order valence-electron chi connectivity index (χ3n) is 7.12. The highest BCUT2D eigenvalue weighted by molar-refractivity contribution is 9.10. The number of halogens is 1. The second kappa shape index (κ2) is 8.16. The van der Waals surface area contributed by atoms with Crippen LogP contribution in [0.15, 0.2) is 59.9 Å². The van der Waals surface area contributed by atoms with Crippen LogP contribution in [0, 0.1) is 0 Å². The molecule has 5 aromatic rings. The average Bonchev–Trinajstić information content (AvgIpc) is 3.77. The van der Waals surface area contributed by atoms with E-state index < -0.39 is 0 Å². The molecule has 2 aliphatic carbocycles. The Hall–Kier alpha value is -3.26. The number of hydrogen-bond acceptors (Lipinski definition) is 4. The summed E-state index contributed by atoms with van der Waals surface area (Å²) in [5.41, 5.74) is 6.98. The summed E-state index contributed by atoms with van der Waals surface area (Å²) < 4.78 is 7.01. The molecule has 0 aromatic carbocycles. The predicted octanol–water partition coefficient (Wildman–Crippen LogP) is 5.56. The van der Waals surface area contributed by atoms with Crippen LogP contribution in [-0.4, -0.2) is 34.3 Å². The van der Waals surface area contributed by atoms with Crippen LogP contribution in [0.1, 0.15) is 76.9 Å². The van der Waals surface area contributed by atoms with E-state index in [1.54, 1.807) is 6.33 Å². The molecule has 0 bridgehead atoms. The Kier molecular flexibility index (Phi) is 4.91. The van der Waals surface area contributed by atoms with Crippen molar-refractivity contribution < 1.29 is 4.79 Å². The van der Waals surface area contributed by atoms with Gasteiger partial charge in [-0.1, -0.05) is 22.0 Å². The zero-order valence-corrected chi connectivity index (χ0v) is 20.9. The van der Waals surface area contributed by atoms with E-state index in [9.17, 15) is 4.79 Å². The van der Waals surface area contributed by atoms with Crippen molar-refractivity contribution in [3.8, 4) is 0 Å². The fourth-order valence-corrected chi connectivity index (χ4v) is 5.26. The van der Waals surface area contributed by atoms with E-state index in [0.717, 1.165) is 51.1 Å². The summed E-state index contributed by atoms with van der Waals surface area (Å²) >= 11 is 3.53. The molecule has 2 saturated carbocycles. The van der Waals surface area contributed by atoms with Crippen LogP contribution in [0.2, 0.25) is 0 Å². The first-order valence-electron chi connectivity index (χ1n) is 12.3. The van der Waals surface area contributed by atoms with Crippen molar-refractivity contribution in [3.63, 3.8) is 0 Å². The lowest BCUT2D eigenvalue weighted by molar-refractivity contribution is 0.0981. The first-order valence-corrected chi connectivity index (χ1v) is 13.1. The van der Waals surface area contributed by atoms with E-state index in [1.165, 1.54) is 18.4 Å². The summed E-state index contributed by atoms with van der Waals surface area (Å²) in [6.45, 7) is 0.563. The first kappa shape index (κ1) is 21.1. The molecule has 0 N–H and O–H groups in total. The van der Waals surface area contributed by atoms with Crippen LogP contribution in [0.4, 0.5) is 0 Å². The number of pyridine rings is 2. The molecule has 0 amide bonds.